The summed E-state index contributed by atoms with van der Waals surface area (Å²) < 4.78 is 2.15. The molecule has 1 aliphatic rings. The van der Waals surface area contributed by atoms with Crippen LogP contribution in [0.25, 0.3) is 0 Å². The van der Waals surface area contributed by atoms with Gasteiger partial charge in [0.2, 0.25) is 0 Å². The molecule has 1 fully saturated rings. The third-order valence-corrected chi connectivity index (χ3v) is 5.21. The predicted molar refractivity (Wildman–Crippen MR) is 103 cm³/mol. The number of piperazine rings is 1. The molecule has 1 N–H and O–H groups in total. The van der Waals surface area contributed by atoms with E-state index in [-0.39, 0.29) is 6.04 Å². The van der Waals surface area contributed by atoms with Gasteiger partial charge >= 0.3 is 0 Å². The normalized spacial score (nSPS) is 18.2. The SMILES string of the molecule is CC(c1nncn1Cc1ccccc1)N1CCN(CCC(C)(C)O)CC1. The van der Waals surface area contributed by atoms with Crippen molar-refractivity contribution in [3.05, 3.63) is 48.0 Å². The highest BCUT2D eigenvalue weighted by molar-refractivity contribution is 5.15. The molecule has 2 aromatic rings. The summed E-state index contributed by atoms with van der Waals surface area (Å²) in [5.74, 6) is 1.03. The zero-order valence-corrected chi connectivity index (χ0v) is 16.2. The summed E-state index contributed by atoms with van der Waals surface area (Å²) in [6.45, 7) is 11.8. The van der Waals surface area contributed by atoms with E-state index in [2.05, 4.69) is 55.8 Å². The van der Waals surface area contributed by atoms with Crippen molar-refractivity contribution in [3.63, 3.8) is 0 Å². The first-order chi connectivity index (χ1) is 12.4. The van der Waals surface area contributed by atoms with Gasteiger partial charge in [0.15, 0.2) is 0 Å². The molecule has 1 aliphatic heterocycles. The van der Waals surface area contributed by atoms with E-state index in [1.807, 2.05) is 26.2 Å². The van der Waals surface area contributed by atoms with Gasteiger partial charge < -0.3 is 14.6 Å². The highest BCUT2D eigenvalue weighted by Gasteiger charge is 2.26. The van der Waals surface area contributed by atoms with Gasteiger partial charge in [-0.2, -0.15) is 0 Å². The zero-order chi connectivity index (χ0) is 18.6. The Bertz CT molecular complexity index is 671. The Morgan fingerprint density at radius 1 is 1.12 bits per heavy atom. The minimum absolute atomic E-state index is 0.248. The zero-order valence-electron chi connectivity index (χ0n) is 16.2. The molecule has 0 aliphatic carbocycles. The molecule has 1 saturated heterocycles. The quantitative estimate of drug-likeness (QED) is 0.823. The number of rotatable bonds is 7. The van der Waals surface area contributed by atoms with Gasteiger partial charge in [-0.05, 0) is 32.8 Å². The molecule has 1 aromatic carbocycles. The first-order valence-corrected chi connectivity index (χ1v) is 9.53. The van der Waals surface area contributed by atoms with Gasteiger partial charge in [0.1, 0.15) is 12.2 Å². The Kier molecular flexibility index (Phi) is 6.06. The van der Waals surface area contributed by atoms with E-state index in [1.54, 1.807) is 0 Å². The lowest BCUT2D eigenvalue weighted by Gasteiger charge is -2.38. The van der Waals surface area contributed by atoms with Crippen LogP contribution in [0.3, 0.4) is 0 Å². The maximum Gasteiger partial charge on any atom is 0.150 e. The van der Waals surface area contributed by atoms with E-state index in [9.17, 15) is 5.11 Å². The van der Waals surface area contributed by atoms with E-state index < -0.39 is 5.60 Å². The van der Waals surface area contributed by atoms with Crippen molar-refractivity contribution < 1.29 is 5.11 Å². The van der Waals surface area contributed by atoms with Crippen LogP contribution < -0.4 is 0 Å². The Labute approximate surface area is 156 Å². The molecular formula is C20H31N5O. The van der Waals surface area contributed by atoms with Crippen molar-refractivity contribution >= 4 is 0 Å². The minimum Gasteiger partial charge on any atom is -0.390 e. The third-order valence-electron chi connectivity index (χ3n) is 5.21. The molecule has 2 heterocycles. The summed E-state index contributed by atoms with van der Waals surface area (Å²) in [4.78, 5) is 4.92. The average Bonchev–Trinajstić information content (AvgIpc) is 3.08. The second-order valence-electron chi connectivity index (χ2n) is 7.92. The van der Waals surface area contributed by atoms with Crippen molar-refractivity contribution in [2.45, 2.75) is 45.4 Å². The highest BCUT2D eigenvalue weighted by Crippen LogP contribution is 2.21. The Morgan fingerprint density at radius 3 is 2.46 bits per heavy atom. The Balaban J connectivity index is 1.56. The molecule has 3 rings (SSSR count). The van der Waals surface area contributed by atoms with Gasteiger partial charge in [0, 0.05) is 32.7 Å². The summed E-state index contributed by atoms with van der Waals surface area (Å²) in [7, 11) is 0. The fourth-order valence-corrected chi connectivity index (χ4v) is 3.46. The molecule has 0 amide bonds. The molecule has 0 bridgehead atoms. The van der Waals surface area contributed by atoms with E-state index in [4.69, 9.17) is 0 Å². The minimum atomic E-state index is -0.585. The van der Waals surface area contributed by atoms with Crippen LogP contribution in [0, 0.1) is 0 Å². The molecule has 26 heavy (non-hydrogen) atoms. The van der Waals surface area contributed by atoms with Crippen molar-refractivity contribution in [1.29, 1.82) is 0 Å². The maximum atomic E-state index is 9.91. The number of aromatic nitrogens is 3. The first kappa shape index (κ1) is 19.0. The lowest BCUT2D eigenvalue weighted by atomic mass is 10.1. The standard InChI is InChI=1S/C20H31N5O/c1-17(24-13-11-23(12-14-24)10-9-20(2,3)26)19-22-21-16-25(19)15-18-7-5-4-6-8-18/h4-8,16-17,26H,9-15H2,1-3H3. The molecule has 142 valence electrons. The first-order valence-electron chi connectivity index (χ1n) is 9.53. The van der Waals surface area contributed by atoms with E-state index in [1.165, 1.54) is 5.56 Å². The second kappa shape index (κ2) is 8.29. The van der Waals surface area contributed by atoms with Crippen molar-refractivity contribution in [1.82, 2.24) is 24.6 Å². The monoisotopic (exact) mass is 357 g/mol. The predicted octanol–water partition coefficient (Wildman–Crippen LogP) is 2.17. The maximum absolute atomic E-state index is 9.91. The summed E-state index contributed by atoms with van der Waals surface area (Å²) in [5, 5.41) is 18.5. The molecule has 1 atom stereocenters. The molecule has 6 heteroatoms. The molecule has 1 unspecified atom stereocenters. The van der Waals surface area contributed by atoms with Crippen LogP contribution in [0.15, 0.2) is 36.7 Å². The second-order valence-corrected chi connectivity index (χ2v) is 7.92. The molecule has 0 radical (unpaired) electrons. The van der Waals surface area contributed by atoms with Crippen LogP contribution in [0.4, 0.5) is 0 Å². The number of nitrogens with zero attached hydrogens (tertiary/aromatic N) is 5. The molecule has 0 saturated carbocycles. The van der Waals surface area contributed by atoms with Gasteiger partial charge in [-0.15, -0.1) is 10.2 Å². The average molecular weight is 358 g/mol. The van der Waals surface area contributed by atoms with Crippen molar-refractivity contribution in [3.8, 4) is 0 Å². The summed E-state index contributed by atoms with van der Waals surface area (Å²) in [6, 6.07) is 10.7. The van der Waals surface area contributed by atoms with E-state index in [0.29, 0.717) is 0 Å². The number of aliphatic hydroxyl groups is 1. The Morgan fingerprint density at radius 2 is 1.81 bits per heavy atom. The third kappa shape index (κ3) is 5.13. The molecule has 0 spiro atoms. The largest absolute Gasteiger partial charge is 0.390 e. The van der Waals surface area contributed by atoms with Gasteiger partial charge in [-0.25, -0.2) is 0 Å². The lowest BCUT2D eigenvalue weighted by Crippen LogP contribution is -2.48. The van der Waals surface area contributed by atoms with Crippen LogP contribution in [-0.2, 0) is 6.54 Å². The number of hydrogen-bond acceptors (Lipinski definition) is 5. The Hall–Kier alpha value is -1.76. The van der Waals surface area contributed by atoms with Gasteiger partial charge in [-0.1, -0.05) is 30.3 Å². The van der Waals surface area contributed by atoms with Crippen LogP contribution in [0.1, 0.15) is 44.6 Å². The molecule has 1 aromatic heterocycles. The van der Waals surface area contributed by atoms with Crippen LogP contribution in [0.2, 0.25) is 0 Å². The summed E-state index contributed by atoms with van der Waals surface area (Å²) in [5.41, 5.74) is 0.676. The van der Waals surface area contributed by atoms with Gasteiger partial charge in [0.05, 0.1) is 18.2 Å². The molecular weight excluding hydrogens is 326 g/mol. The lowest BCUT2D eigenvalue weighted by molar-refractivity contribution is 0.0418. The summed E-state index contributed by atoms with van der Waals surface area (Å²) >= 11 is 0. The fourth-order valence-electron chi connectivity index (χ4n) is 3.46. The van der Waals surface area contributed by atoms with Crippen LogP contribution in [0.5, 0.6) is 0 Å². The van der Waals surface area contributed by atoms with Gasteiger partial charge in [-0.3, -0.25) is 4.90 Å². The topological polar surface area (TPSA) is 57.4 Å². The highest BCUT2D eigenvalue weighted by atomic mass is 16.3. The van der Waals surface area contributed by atoms with Crippen molar-refractivity contribution in [2.75, 3.05) is 32.7 Å². The van der Waals surface area contributed by atoms with Crippen LogP contribution >= 0.6 is 0 Å². The van der Waals surface area contributed by atoms with Gasteiger partial charge in [0.25, 0.3) is 0 Å². The number of hydrogen-bond donors (Lipinski definition) is 1. The molecule has 6 nitrogen and oxygen atoms in total. The van der Waals surface area contributed by atoms with E-state index in [0.717, 1.165) is 51.5 Å². The summed E-state index contributed by atoms with van der Waals surface area (Å²) in [6.07, 6.45) is 2.65. The fraction of sp³-hybridized carbons (Fsp3) is 0.600. The van der Waals surface area contributed by atoms with Crippen molar-refractivity contribution in [2.24, 2.45) is 0 Å². The smallest absolute Gasteiger partial charge is 0.150 e. The van der Waals surface area contributed by atoms with Crippen LogP contribution in [-0.4, -0.2) is 68.0 Å². The number of benzene rings is 1. The van der Waals surface area contributed by atoms with E-state index >= 15 is 0 Å².